The topological polar surface area (TPSA) is 79.5 Å². The smallest absolute Gasteiger partial charge is 0.252 e. The molecule has 0 spiro atoms. The maximum Gasteiger partial charge on any atom is 0.252 e. The maximum atomic E-state index is 14.0. The van der Waals surface area contributed by atoms with E-state index in [1.165, 1.54) is 10.4 Å². The minimum atomic E-state index is -3.62. The van der Waals surface area contributed by atoms with Crippen molar-refractivity contribution >= 4 is 27.0 Å². The van der Waals surface area contributed by atoms with Crippen molar-refractivity contribution in [1.29, 1.82) is 0 Å². The Morgan fingerprint density at radius 2 is 1.93 bits per heavy atom. The van der Waals surface area contributed by atoms with E-state index in [1.54, 1.807) is 29.6 Å². The fourth-order valence-corrected chi connectivity index (χ4v) is 5.81. The van der Waals surface area contributed by atoms with E-state index in [0.29, 0.717) is 55.6 Å². The molecule has 0 radical (unpaired) electrons. The van der Waals surface area contributed by atoms with Crippen molar-refractivity contribution in [1.82, 2.24) is 14.5 Å². The van der Waals surface area contributed by atoms with Crippen molar-refractivity contribution in [2.24, 2.45) is 0 Å². The van der Waals surface area contributed by atoms with Gasteiger partial charge in [0.2, 0.25) is 11.8 Å². The summed E-state index contributed by atoms with van der Waals surface area (Å²) in [6, 6.07) is 8.10. The van der Waals surface area contributed by atoms with E-state index in [1.807, 2.05) is 11.8 Å². The molecule has 2 aromatic heterocycles. The minimum absolute atomic E-state index is 0.234. The van der Waals surface area contributed by atoms with Gasteiger partial charge in [-0.2, -0.15) is 4.31 Å². The summed E-state index contributed by atoms with van der Waals surface area (Å²) >= 11 is 1.13. The molecule has 10 heteroatoms. The van der Waals surface area contributed by atoms with Crippen molar-refractivity contribution in [3.63, 3.8) is 0 Å². The molecule has 1 aromatic carbocycles. The Morgan fingerprint density at radius 1 is 1.18 bits per heavy atom. The normalized spacial score (nSPS) is 15.9. The number of piperazine rings is 1. The third-order valence-electron chi connectivity index (χ3n) is 4.62. The molecule has 1 aliphatic rings. The van der Waals surface area contributed by atoms with Gasteiger partial charge in [0, 0.05) is 38.0 Å². The third-order valence-corrected chi connectivity index (χ3v) is 7.93. The van der Waals surface area contributed by atoms with Crippen LogP contribution in [0.15, 0.2) is 44.3 Å². The molecule has 0 unspecified atom stereocenters. The Bertz CT molecular complexity index is 1070. The summed E-state index contributed by atoms with van der Waals surface area (Å²) in [7, 11) is -3.62. The molecule has 1 fully saturated rings. The number of hydrogen-bond donors (Lipinski definition) is 0. The van der Waals surface area contributed by atoms with Crippen LogP contribution < -0.4 is 4.90 Å². The lowest BCUT2D eigenvalue weighted by molar-refractivity contribution is 0.384. The standard InChI is InChI=1S/C18H19FN4O3S2/c1-2-16-20-21-18(26-16)13-11-17(27-12-13)28(24,25)23-9-7-22(8-10-23)15-6-4-3-5-14(15)19/h3-6,11-12H,2,7-10H2,1H3. The molecule has 1 saturated heterocycles. The number of sulfonamides is 1. The summed E-state index contributed by atoms with van der Waals surface area (Å²) in [6.45, 7) is 3.36. The molecule has 0 atom stereocenters. The van der Waals surface area contributed by atoms with E-state index < -0.39 is 10.0 Å². The number of aryl methyl sites for hydroxylation is 1. The van der Waals surface area contributed by atoms with Crippen molar-refractivity contribution in [3.05, 3.63) is 47.4 Å². The van der Waals surface area contributed by atoms with Gasteiger partial charge in [0.05, 0.1) is 11.3 Å². The first-order chi connectivity index (χ1) is 13.5. The zero-order valence-electron chi connectivity index (χ0n) is 15.2. The number of aromatic nitrogens is 2. The number of anilines is 1. The van der Waals surface area contributed by atoms with E-state index in [4.69, 9.17) is 4.42 Å². The average Bonchev–Trinajstić information content (AvgIpc) is 3.38. The Kier molecular flexibility index (Phi) is 5.17. The van der Waals surface area contributed by atoms with Crippen LogP contribution in [-0.2, 0) is 16.4 Å². The second-order valence-corrected chi connectivity index (χ2v) is 9.43. The summed E-state index contributed by atoms with van der Waals surface area (Å²) < 4.78 is 47.1. The van der Waals surface area contributed by atoms with Crippen LogP contribution in [0.25, 0.3) is 11.5 Å². The van der Waals surface area contributed by atoms with Crippen LogP contribution in [0.5, 0.6) is 0 Å². The maximum absolute atomic E-state index is 14.0. The van der Waals surface area contributed by atoms with Crippen LogP contribution in [0.1, 0.15) is 12.8 Å². The van der Waals surface area contributed by atoms with Gasteiger partial charge in [-0.25, -0.2) is 12.8 Å². The molecule has 148 valence electrons. The van der Waals surface area contributed by atoms with Crippen LogP contribution >= 0.6 is 11.3 Å². The third kappa shape index (κ3) is 3.54. The highest BCUT2D eigenvalue weighted by atomic mass is 32.2. The van der Waals surface area contributed by atoms with E-state index in [2.05, 4.69) is 10.2 Å². The SMILES string of the molecule is CCc1nnc(-c2csc(S(=O)(=O)N3CCN(c4ccccc4F)CC3)c2)o1. The molecule has 7 nitrogen and oxygen atoms in total. The zero-order chi connectivity index (χ0) is 19.7. The van der Waals surface area contributed by atoms with E-state index >= 15 is 0 Å². The summed E-state index contributed by atoms with van der Waals surface area (Å²) in [5.41, 5.74) is 1.10. The fourth-order valence-electron chi connectivity index (χ4n) is 3.08. The first-order valence-corrected chi connectivity index (χ1v) is 11.2. The minimum Gasteiger partial charge on any atom is -0.421 e. The van der Waals surface area contributed by atoms with Gasteiger partial charge in [-0.15, -0.1) is 21.5 Å². The molecule has 0 amide bonds. The van der Waals surface area contributed by atoms with Gasteiger partial charge in [-0.05, 0) is 18.2 Å². The lowest BCUT2D eigenvalue weighted by atomic mass is 10.2. The average molecular weight is 423 g/mol. The van der Waals surface area contributed by atoms with Crippen LogP contribution in [0, 0.1) is 5.82 Å². The highest BCUT2D eigenvalue weighted by Gasteiger charge is 2.30. The summed E-state index contributed by atoms with van der Waals surface area (Å²) in [6.07, 6.45) is 0.620. The number of nitrogens with zero attached hydrogens (tertiary/aromatic N) is 4. The van der Waals surface area contributed by atoms with Gasteiger partial charge in [-0.1, -0.05) is 19.1 Å². The Labute approximate surface area is 166 Å². The number of para-hydroxylation sites is 1. The monoisotopic (exact) mass is 422 g/mol. The molecule has 0 aliphatic carbocycles. The Hall–Kier alpha value is -2.30. The second-order valence-electron chi connectivity index (χ2n) is 6.35. The van der Waals surface area contributed by atoms with Gasteiger partial charge in [0.15, 0.2) is 0 Å². The molecule has 28 heavy (non-hydrogen) atoms. The lowest BCUT2D eigenvalue weighted by Gasteiger charge is -2.35. The number of thiophene rings is 1. The molecule has 0 bridgehead atoms. The van der Waals surface area contributed by atoms with Crippen molar-refractivity contribution in [3.8, 4) is 11.5 Å². The first-order valence-electron chi connectivity index (χ1n) is 8.90. The Morgan fingerprint density at radius 3 is 2.61 bits per heavy atom. The first kappa shape index (κ1) is 19.0. The largest absolute Gasteiger partial charge is 0.421 e. The van der Waals surface area contributed by atoms with E-state index in [0.717, 1.165) is 11.3 Å². The van der Waals surface area contributed by atoms with Crippen LogP contribution in [0.3, 0.4) is 0 Å². The van der Waals surface area contributed by atoms with Gasteiger partial charge >= 0.3 is 0 Å². The molecule has 1 aliphatic heterocycles. The number of halogens is 1. The predicted molar refractivity (Wildman–Crippen MR) is 104 cm³/mol. The Balaban J connectivity index is 1.48. The molecular formula is C18H19FN4O3S2. The summed E-state index contributed by atoms with van der Waals surface area (Å²) in [5.74, 6) is 0.529. The van der Waals surface area contributed by atoms with Crippen molar-refractivity contribution in [2.45, 2.75) is 17.6 Å². The van der Waals surface area contributed by atoms with Crippen LogP contribution in [0.2, 0.25) is 0 Å². The molecule has 3 aromatic rings. The summed E-state index contributed by atoms with van der Waals surface area (Å²) in [5, 5.41) is 9.57. The van der Waals surface area contributed by atoms with Crippen molar-refractivity contribution in [2.75, 3.05) is 31.1 Å². The highest BCUT2D eigenvalue weighted by Crippen LogP contribution is 2.31. The molecular weight excluding hydrogens is 403 g/mol. The fraction of sp³-hybridized carbons (Fsp3) is 0.333. The van der Waals surface area contributed by atoms with Gasteiger partial charge in [0.25, 0.3) is 10.0 Å². The number of benzene rings is 1. The summed E-state index contributed by atoms with van der Waals surface area (Å²) in [4.78, 5) is 1.87. The molecule has 3 heterocycles. The molecule has 4 rings (SSSR count). The predicted octanol–water partition coefficient (Wildman–Crippen LogP) is 3.01. The van der Waals surface area contributed by atoms with Gasteiger partial charge in [0.1, 0.15) is 10.0 Å². The van der Waals surface area contributed by atoms with Crippen molar-refractivity contribution < 1.29 is 17.2 Å². The molecule has 0 N–H and O–H groups in total. The quantitative estimate of drug-likeness (QED) is 0.629. The number of rotatable bonds is 5. The second kappa shape index (κ2) is 7.61. The van der Waals surface area contributed by atoms with Crippen LogP contribution in [-0.4, -0.2) is 49.1 Å². The molecule has 0 saturated carbocycles. The van der Waals surface area contributed by atoms with Gasteiger partial charge < -0.3 is 9.32 Å². The van der Waals surface area contributed by atoms with Gasteiger partial charge in [-0.3, -0.25) is 0 Å². The number of hydrogen-bond acceptors (Lipinski definition) is 7. The van der Waals surface area contributed by atoms with E-state index in [-0.39, 0.29) is 10.0 Å². The lowest BCUT2D eigenvalue weighted by Crippen LogP contribution is -2.48. The van der Waals surface area contributed by atoms with E-state index in [9.17, 15) is 12.8 Å². The highest BCUT2D eigenvalue weighted by molar-refractivity contribution is 7.91. The van der Waals surface area contributed by atoms with Crippen LogP contribution in [0.4, 0.5) is 10.1 Å². The zero-order valence-corrected chi connectivity index (χ0v) is 16.8.